The van der Waals surface area contributed by atoms with E-state index in [1.165, 1.54) is 18.2 Å². The van der Waals surface area contributed by atoms with Gasteiger partial charge in [0.1, 0.15) is 6.61 Å². The normalized spacial score (nSPS) is 15.8. The number of nitrogens with one attached hydrogen (secondary N) is 1. The average Bonchev–Trinajstić information content (AvgIpc) is 2.71. The summed E-state index contributed by atoms with van der Waals surface area (Å²) in [4.78, 5) is 47.9. The molecule has 0 aliphatic carbocycles. The molecule has 1 amide bonds. The smallest absolute Gasteiger partial charge is 0.404 e. The fourth-order valence-electron chi connectivity index (χ4n) is 3.30. The Bertz CT molecular complexity index is 997. The molecule has 2 rings (SSSR count). The second kappa shape index (κ2) is 10.4. The number of nitrogens with two attached hydrogens (primary N) is 1. The summed E-state index contributed by atoms with van der Waals surface area (Å²) in [5.41, 5.74) is 5.61. The molecule has 0 aromatic heterocycles. The topological polar surface area (TPSA) is 160 Å². The molecule has 11 heteroatoms. The zero-order chi connectivity index (χ0) is 24.0. The lowest BCUT2D eigenvalue weighted by Gasteiger charge is -2.31. The third-order valence-electron chi connectivity index (χ3n) is 4.48. The summed E-state index contributed by atoms with van der Waals surface area (Å²) in [6.07, 6.45) is -1.52. The van der Waals surface area contributed by atoms with Crippen LogP contribution in [0.3, 0.4) is 0 Å². The van der Waals surface area contributed by atoms with Crippen molar-refractivity contribution in [1.29, 1.82) is 0 Å². The predicted octanol–water partition coefficient (Wildman–Crippen LogP) is 2.42. The second-order valence-electron chi connectivity index (χ2n) is 7.12. The molecule has 0 radical (unpaired) electrons. The average molecular weight is 447 g/mol. The van der Waals surface area contributed by atoms with Gasteiger partial charge in [0, 0.05) is 17.8 Å². The molecule has 0 saturated carbocycles. The van der Waals surface area contributed by atoms with Gasteiger partial charge in [0.25, 0.3) is 5.69 Å². The van der Waals surface area contributed by atoms with E-state index in [1.54, 1.807) is 33.8 Å². The van der Waals surface area contributed by atoms with Crippen LogP contribution < -0.4 is 11.1 Å². The number of allylic oxidation sites excluding steroid dienone is 1. The summed E-state index contributed by atoms with van der Waals surface area (Å²) in [5.74, 6) is -2.58. The molecule has 1 aliphatic rings. The molecular formula is C21H25N3O8. The van der Waals surface area contributed by atoms with Crippen LogP contribution in [0.15, 0.2) is 46.8 Å². The van der Waals surface area contributed by atoms with E-state index >= 15 is 0 Å². The number of hydrogen-bond acceptors (Lipinski definition) is 9. The lowest BCUT2D eigenvalue weighted by molar-refractivity contribution is -0.384. The molecule has 0 saturated heterocycles. The Kier molecular flexibility index (Phi) is 7.94. The van der Waals surface area contributed by atoms with E-state index in [0.29, 0.717) is 5.70 Å². The number of nitro groups is 1. The molecule has 1 heterocycles. The summed E-state index contributed by atoms with van der Waals surface area (Å²) >= 11 is 0. The van der Waals surface area contributed by atoms with Crippen molar-refractivity contribution in [3.05, 3.63) is 62.5 Å². The van der Waals surface area contributed by atoms with E-state index in [1.807, 2.05) is 0 Å². The molecule has 11 nitrogen and oxygen atoms in total. The third-order valence-corrected chi connectivity index (χ3v) is 4.48. The van der Waals surface area contributed by atoms with E-state index in [-0.39, 0.29) is 34.7 Å². The SMILES string of the molecule is CCOC(=O)C1=C(COC(N)=O)NC(C)=C(C(=O)OC(C)C)C1c1cccc([N+](=O)[O-])c1. The van der Waals surface area contributed by atoms with Crippen LogP contribution in [0.25, 0.3) is 0 Å². The van der Waals surface area contributed by atoms with Crippen molar-refractivity contribution in [1.82, 2.24) is 5.32 Å². The monoisotopic (exact) mass is 447 g/mol. The number of dihydropyridines is 1. The minimum absolute atomic E-state index is 0.0302. The van der Waals surface area contributed by atoms with Gasteiger partial charge < -0.3 is 25.3 Å². The van der Waals surface area contributed by atoms with E-state index in [9.17, 15) is 24.5 Å². The van der Waals surface area contributed by atoms with E-state index in [0.717, 1.165) is 0 Å². The highest BCUT2D eigenvalue weighted by molar-refractivity contribution is 6.00. The highest BCUT2D eigenvalue weighted by Gasteiger charge is 2.40. The Morgan fingerprint density at radius 2 is 1.88 bits per heavy atom. The van der Waals surface area contributed by atoms with Crippen molar-refractivity contribution < 1.29 is 33.5 Å². The largest absolute Gasteiger partial charge is 0.463 e. The van der Waals surface area contributed by atoms with Gasteiger partial charge in [-0.2, -0.15) is 0 Å². The molecular weight excluding hydrogens is 422 g/mol. The number of carbonyl (C=O) groups excluding carboxylic acids is 3. The fourth-order valence-corrected chi connectivity index (χ4v) is 3.30. The Labute approximate surface area is 184 Å². The first-order valence-corrected chi connectivity index (χ1v) is 9.82. The molecule has 0 spiro atoms. The maximum Gasteiger partial charge on any atom is 0.404 e. The third kappa shape index (κ3) is 5.62. The number of primary amides is 1. The summed E-state index contributed by atoms with van der Waals surface area (Å²) in [5, 5.41) is 14.2. The standard InChI is InChI=1S/C21H25N3O8/c1-5-30-19(25)18-15(10-31-21(22)27)23-12(4)16(20(26)32-11(2)3)17(18)13-7-6-8-14(9-13)24(28)29/h6-9,11,17,23H,5,10H2,1-4H3,(H2,22,27). The minimum atomic E-state index is -1.08. The minimum Gasteiger partial charge on any atom is -0.463 e. The van der Waals surface area contributed by atoms with Gasteiger partial charge in [0.05, 0.1) is 40.4 Å². The molecule has 1 unspecified atom stereocenters. The molecule has 172 valence electrons. The van der Waals surface area contributed by atoms with Gasteiger partial charge >= 0.3 is 18.0 Å². The first kappa shape index (κ1) is 24.4. The number of amides is 1. The second-order valence-corrected chi connectivity index (χ2v) is 7.12. The Morgan fingerprint density at radius 1 is 1.19 bits per heavy atom. The van der Waals surface area contributed by atoms with Crippen LogP contribution in [0.2, 0.25) is 0 Å². The van der Waals surface area contributed by atoms with Gasteiger partial charge in [-0.25, -0.2) is 14.4 Å². The molecule has 1 aromatic rings. The van der Waals surface area contributed by atoms with Gasteiger partial charge in [-0.05, 0) is 33.3 Å². The maximum atomic E-state index is 13.0. The number of benzene rings is 1. The Hall–Kier alpha value is -3.89. The van der Waals surface area contributed by atoms with E-state index < -0.39 is 41.6 Å². The van der Waals surface area contributed by atoms with Crippen LogP contribution >= 0.6 is 0 Å². The molecule has 0 fully saturated rings. The van der Waals surface area contributed by atoms with Gasteiger partial charge in [0.2, 0.25) is 0 Å². The maximum absolute atomic E-state index is 13.0. The first-order valence-electron chi connectivity index (χ1n) is 9.82. The van der Waals surface area contributed by atoms with Crippen LogP contribution in [0.4, 0.5) is 10.5 Å². The lowest BCUT2D eigenvalue weighted by Crippen LogP contribution is -2.36. The van der Waals surface area contributed by atoms with Crippen molar-refractivity contribution in [3.63, 3.8) is 0 Å². The Morgan fingerprint density at radius 3 is 2.44 bits per heavy atom. The number of ether oxygens (including phenoxy) is 3. The molecule has 1 atom stereocenters. The first-order chi connectivity index (χ1) is 15.1. The number of hydrogen-bond donors (Lipinski definition) is 2. The lowest BCUT2D eigenvalue weighted by atomic mass is 9.80. The van der Waals surface area contributed by atoms with Crippen molar-refractivity contribution >= 4 is 23.7 Å². The van der Waals surface area contributed by atoms with Gasteiger partial charge in [-0.15, -0.1) is 0 Å². The van der Waals surface area contributed by atoms with Gasteiger partial charge in [0.15, 0.2) is 0 Å². The van der Waals surface area contributed by atoms with Crippen molar-refractivity contribution in [3.8, 4) is 0 Å². The predicted molar refractivity (Wildman–Crippen MR) is 112 cm³/mol. The number of esters is 2. The molecule has 1 aromatic carbocycles. The number of non-ortho nitro benzene ring substituents is 1. The highest BCUT2D eigenvalue weighted by atomic mass is 16.6. The summed E-state index contributed by atoms with van der Waals surface area (Å²) < 4.78 is 15.4. The number of carbonyl (C=O) groups is 3. The van der Waals surface area contributed by atoms with Gasteiger partial charge in [-0.1, -0.05) is 12.1 Å². The van der Waals surface area contributed by atoms with Crippen molar-refractivity contribution in [2.75, 3.05) is 13.2 Å². The van der Waals surface area contributed by atoms with Crippen LogP contribution in [-0.4, -0.2) is 42.3 Å². The van der Waals surface area contributed by atoms with Crippen LogP contribution in [0.1, 0.15) is 39.2 Å². The van der Waals surface area contributed by atoms with Crippen molar-refractivity contribution in [2.45, 2.75) is 39.7 Å². The van der Waals surface area contributed by atoms with Crippen LogP contribution in [0, 0.1) is 10.1 Å². The molecule has 32 heavy (non-hydrogen) atoms. The summed E-state index contributed by atoms with van der Waals surface area (Å²) in [6.45, 7) is 6.14. The van der Waals surface area contributed by atoms with Gasteiger partial charge in [-0.3, -0.25) is 10.1 Å². The fraction of sp³-hybridized carbons (Fsp3) is 0.381. The zero-order valence-corrected chi connectivity index (χ0v) is 18.2. The van der Waals surface area contributed by atoms with E-state index in [2.05, 4.69) is 5.32 Å². The highest BCUT2D eigenvalue weighted by Crippen LogP contribution is 2.40. The summed E-state index contributed by atoms with van der Waals surface area (Å²) in [6, 6.07) is 5.54. The molecule has 0 bridgehead atoms. The number of rotatable bonds is 8. The summed E-state index contributed by atoms with van der Waals surface area (Å²) in [7, 11) is 0. The quantitative estimate of drug-likeness (QED) is 0.264. The zero-order valence-electron chi connectivity index (χ0n) is 18.2. The molecule has 3 N–H and O–H groups in total. The van der Waals surface area contributed by atoms with Crippen LogP contribution in [0.5, 0.6) is 0 Å². The van der Waals surface area contributed by atoms with Crippen molar-refractivity contribution in [2.24, 2.45) is 5.73 Å². The molecule has 1 aliphatic heterocycles. The Balaban J connectivity index is 2.75. The van der Waals surface area contributed by atoms with E-state index in [4.69, 9.17) is 19.9 Å². The van der Waals surface area contributed by atoms with Crippen LogP contribution in [-0.2, 0) is 23.8 Å². The number of nitro benzene ring substituents is 1. The number of nitrogens with zero attached hydrogens (tertiary/aromatic N) is 1.